The Morgan fingerprint density at radius 2 is 0.348 bits per heavy atom. The Labute approximate surface area is 813 Å². The molecular weight excluding hydrogens is 1720 g/mol. The summed E-state index contributed by atoms with van der Waals surface area (Å²) in [5.41, 5.74) is 31.5. The number of hydrogen-bond acceptors (Lipinski definition) is 12. The summed E-state index contributed by atoms with van der Waals surface area (Å²) in [5, 5.41) is 6.17. The molecule has 141 heavy (non-hydrogen) atoms. The van der Waals surface area contributed by atoms with Gasteiger partial charge in [0.2, 0.25) is 0 Å². The summed E-state index contributed by atoms with van der Waals surface area (Å²) in [6.07, 6.45) is 0. The molecular formula is C129H83N9O3. The minimum absolute atomic E-state index is 0.599. The van der Waals surface area contributed by atoms with Crippen molar-refractivity contribution in [3.05, 3.63) is 504 Å². The molecule has 0 fully saturated rings. The van der Waals surface area contributed by atoms with Crippen LogP contribution in [0, 0.1) is 0 Å². The summed E-state index contributed by atoms with van der Waals surface area (Å²) in [4.78, 5) is 45.0. The highest BCUT2D eigenvalue weighted by atomic mass is 16.3. The normalized spacial score (nSPS) is 11.3. The van der Waals surface area contributed by atoms with Gasteiger partial charge >= 0.3 is 0 Å². The van der Waals surface area contributed by atoms with E-state index in [4.69, 9.17) is 58.1 Å². The zero-order chi connectivity index (χ0) is 93.7. The van der Waals surface area contributed by atoms with Crippen molar-refractivity contribution < 1.29 is 13.3 Å². The number of benzene rings is 20. The van der Waals surface area contributed by atoms with Crippen molar-refractivity contribution in [2.45, 2.75) is 0 Å². The quantitative estimate of drug-likeness (QED) is 0.0852. The number of furan rings is 3. The second-order valence-electron chi connectivity index (χ2n) is 34.5. The highest BCUT2D eigenvalue weighted by Crippen LogP contribution is 2.45. The summed E-state index contributed by atoms with van der Waals surface area (Å²) in [6.45, 7) is 0. The first-order valence-electron chi connectivity index (χ1n) is 47.0. The molecule has 0 N–H and O–H groups in total. The van der Waals surface area contributed by atoms with Gasteiger partial charge in [0.1, 0.15) is 33.5 Å². The number of fused-ring (bicyclic) bond motifs is 9. The van der Waals surface area contributed by atoms with Gasteiger partial charge in [0.05, 0.1) is 0 Å². The van der Waals surface area contributed by atoms with Crippen molar-refractivity contribution in [3.8, 4) is 192 Å². The number of nitrogens with zero attached hydrogens (tertiary/aromatic N) is 9. The van der Waals surface area contributed by atoms with Crippen molar-refractivity contribution in [3.63, 3.8) is 0 Å². The third kappa shape index (κ3) is 17.4. The van der Waals surface area contributed by atoms with Crippen LogP contribution in [0.4, 0.5) is 0 Å². The van der Waals surface area contributed by atoms with E-state index in [0.29, 0.717) is 52.4 Å². The van der Waals surface area contributed by atoms with Crippen molar-refractivity contribution in [2.75, 3.05) is 0 Å². The molecule has 0 radical (unpaired) electrons. The molecule has 12 heteroatoms. The van der Waals surface area contributed by atoms with Crippen LogP contribution in [-0.4, -0.2) is 44.9 Å². The zero-order valence-corrected chi connectivity index (χ0v) is 76.2. The van der Waals surface area contributed by atoms with E-state index in [9.17, 15) is 0 Å². The van der Waals surface area contributed by atoms with Gasteiger partial charge in [-0.05, 0) is 126 Å². The largest absolute Gasteiger partial charge is 0.456 e. The van der Waals surface area contributed by atoms with Crippen LogP contribution in [0.3, 0.4) is 0 Å². The molecule has 0 saturated carbocycles. The van der Waals surface area contributed by atoms with E-state index in [2.05, 4.69) is 334 Å². The first kappa shape index (κ1) is 84.8. The van der Waals surface area contributed by atoms with Crippen LogP contribution in [0.15, 0.2) is 517 Å². The predicted molar refractivity (Wildman–Crippen MR) is 574 cm³/mol. The lowest BCUT2D eigenvalue weighted by Crippen LogP contribution is -2.00. The molecule has 0 aliphatic heterocycles. The Hall–Kier alpha value is -19.2. The van der Waals surface area contributed by atoms with Gasteiger partial charge < -0.3 is 13.3 Å². The van der Waals surface area contributed by atoms with E-state index in [0.717, 1.165) is 166 Å². The number of hydrogen-bond donors (Lipinski definition) is 0. The number of aromatic nitrogens is 9. The van der Waals surface area contributed by atoms with Gasteiger partial charge in [-0.15, -0.1) is 0 Å². The molecule has 0 aliphatic rings. The van der Waals surface area contributed by atoms with Crippen molar-refractivity contribution in [1.29, 1.82) is 0 Å². The molecule has 662 valence electrons. The summed E-state index contributed by atoms with van der Waals surface area (Å²) < 4.78 is 19.4. The van der Waals surface area contributed by atoms with Gasteiger partial charge in [0, 0.05) is 88.0 Å². The molecule has 26 aromatic rings. The molecule has 20 aromatic carbocycles. The van der Waals surface area contributed by atoms with Crippen LogP contribution in [0.25, 0.3) is 257 Å². The fraction of sp³-hybridized carbons (Fsp3) is 0. The first-order chi connectivity index (χ1) is 69.8. The second-order valence-corrected chi connectivity index (χ2v) is 34.5. The van der Waals surface area contributed by atoms with Crippen molar-refractivity contribution >= 4 is 65.8 Å². The molecule has 0 saturated heterocycles. The standard InChI is InChI=1S/2C45H29N3O.C39H25N3O/c1-4-12-30(13-5-1)32-22-26-34(27-23-32)37-18-10-19-38-41-39(20-11-21-40(41)49-42(37)38)45-47-43(35-16-8-3-9-17-35)46-44(48-45)36-28-24-33(25-29-36)31-14-6-2-7-15-31;1-4-11-30(12-5-1)32-19-21-34(22-20-32)37-27-28-40-39(29-37)42-38(17-10-18-41(42)49-40)45-47-43(35-15-8-3-9-16-35)46-44(48-45)36-25-23-33(24-26-36)31-13-6-2-7-14-31;1-4-11-26(12-5-1)27-19-21-30(22-20-27)38-40-37(29-15-8-3-9-16-29)41-39(42-38)31-23-24-33-35(25-31)43-34-18-10-17-32(36(33)34)28-13-6-2-7-14-28/h2*1-29H;1-25H. The molecule has 26 rings (SSSR count). The second kappa shape index (κ2) is 37.9. The average molecular weight is 1810 g/mol. The van der Waals surface area contributed by atoms with Crippen molar-refractivity contribution in [1.82, 2.24) is 44.9 Å². The molecule has 0 unspecified atom stereocenters. The van der Waals surface area contributed by atoms with E-state index >= 15 is 0 Å². The Morgan fingerprint density at radius 1 is 0.113 bits per heavy atom. The van der Waals surface area contributed by atoms with E-state index in [1.165, 1.54) is 38.9 Å². The molecule has 0 atom stereocenters. The highest BCUT2D eigenvalue weighted by Gasteiger charge is 2.25. The van der Waals surface area contributed by atoms with E-state index < -0.39 is 0 Å². The first-order valence-corrected chi connectivity index (χ1v) is 47.0. The van der Waals surface area contributed by atoms with Crippen LogP contribution in [-0.2, 0) is 0 Å². The third-order valence-corrected chi connectivity index (χ3v) is 25.7. The average Bonchev–Trinajstić information content (AvgIpc) is 1.59. The molecule has 0 bridgehead atoms. The summed E-state index contributed by atoms with van der Waals surface area (Å²) in [6, 6.07) is 172. The highest BCUT2D eigenvalue weighted by molar-refractivity contribution is 6.16. The van der Waals surface area contributed by atoms with Gasteiger partial charge in [-0.25, -0.2) is 44.9 Å². The number of rotatable bonds is 17. The Bertz CT molecular complexity index is 8810. The molecule has 12 nitrogen and oxygen atoms in total. The maximum Gasteiger partial charge on any atom is 0.164 e. The topological polar surface area (TPSA) is 155 Å². The lowest BCUT2D eigenvalue weighted by atomic mass is 9.98. The monoisotopic (exact) mass is 1810 g/mol. The lowest BCUT2D eigenvalue weighted by molar-refractivity contribution is 0.668. The zero-order valence-electron chi connectivity index (χ0n) is 76.2. The lowest BCUT2D eigenvalue weighted by Gasteiger charge is -2.10. The Morgan fingerprint density at radius 3 is 0.716 bits per heavy atom. The van der Waals surface area contributed by atoms with Gasteiger partial charge in [-0.3, -0.25) is 0 Å². The summed E-state index contributed by atoms with van der Waals surface area (Å²) in [5.74, 6) is 5.53. The van der Waals surface area contributed by atoms with Crippen LogP contribution >= 0.6 is 0 Å². The minimum atomic E-state index is 0.599. The fourth-order valence-corrected chi connectivity index (χ4v) is 18.6. The van der Waals surface area contributed by atoms with Crippen LogP contribution in [0.5, 0.6) is 0 Å². The van der Waals surface area contributed by atoms with E-state index in [1.807, 2.05) is 170 Å². The Balaban J connectivity index is 0.000000115. The number of para-hydroxylation sites is 1. The molecule has 6 aromatic heterocycles. The third-order valence-electron chi connectivity index (χ3n) is 25.7. The van der Waals surface area contributed by atoms with Crippen LogP contribution in [0.2, 0.25) is 0 Å². The van der Waals surface area contributed by atoms with E-state index in [1.54, 1.807) is 0 Å². The molecule has 6 heterocycles. The molecule has 0 amide bonds. The molecule has 0 aliphatic carbocycles. The van der Waals surface area contributed by atoms with Crippen LogP contribution < -0.4 is 0 Å². The van der Waals surface area contributed by atoms with Crippen molar-refractivity contribution in [2.24, 2.45) is 0 Å². The summed E-state index contributed by atoms with van der Waals surface area (Å²) >= 11 is 0. The minimum Gasteiger partial charge on any atom is -0.456 e. The maximum atomic E-state index is 6.63. The predicted octanol–water partition coefficient (Wildman–Crippen LogP) is 33.7. The summed E-state index contributed by atoms with van der Waals surface area (Å²) in [7, 11) is 0. The smallest absolute Gasteiger partial charge is 0.164 e. The molecule has 0 spiro atoms. The van der Waals surface area contributed by atoms with E-state index in [-0.39, 0.29) is 0 Å². The van der Waals surface area contributed by atoms with Gasteiger partial charge in [-0.2, -0.15) is 0 Å². The van der Waals surface area contributed by atoms with Gasteiger partial charge in [0.15, 0.2) is 52.4 Å². The Kier molecular flexibility index (Phi) is 22.8. The van der Waals surface area contributed by atoms with Crippen LogP contribution in [0.1, 0.15) is 0 Å². The fourth-order valence-electron chi connectivity index (χ4n) is 18.6. The van der Waals surface area contributed by atoms with Gasteiger partial charge in [0.25, 0.3) is 0 Å². The maximum absolute atomic E-state index is 6.63. The SMILES string of the molecule is c1ccc(-c2ccc(-c3ccc4oc5cccc(-c6nc(-c7ccccc7)nc(-c7ccc(-c8ccccc8)cc7)n6)c5c4c3)cc2)cc1.c1ccc(-c2ccc(-c3nc(-c4ccccc4)nc(-c4ccc5c(c4)oc4cccc(-c6ccccc6)c45)n3)cc2)cc1.c1ccc(-c2ccc(-c3nc(-c4ccccc4)nc(-c4cccc5oc6c(-c7ccc(-c8ccccc8)cc7)cccc6c45)n3)cc2)cc1. The van der Waals surface area contributed by atoms with Gasteiger partial charge in [-0.1, -0.05) is 461 Å².